The van der Waals surface area contributed by atoms with Crippen molar-refractivity contribution in [3.63, 3.8) is 0 Å². The van der Waals surface area contributed by atoms with E-state index in [-0.39, 0.29) is 16.2 Å². The van der Waals surface area contributed by atoms with Gasteiger partial charge in [-0.1, -0.05) is 31.9 Å². The minimum Gasteiger partial charge on any atom is -0.293 e. The van der Waals surface area contributed by atoms with Crippen molar-refractivity contribution in [1.29, 1.82) is 0 Å². The summed E-state index contributed by atoms with van der Waals surface area (Å²) in [4.78, 5) is 11.0. The van der Waals surface area contributed by atoms with Crippen LogP contribution in [-0.4, -0.2) is 10.6 Å². The summed E-state index contributed by atoms with van der Waals surface area (Å²) >= 11 is 6.28. The van der Waals surface area contributed by atoms with Crippen LogP contribution in [0.25, 0.3) is 0 Å². The van der Waals surface area contributed by atoms with E-state index in [1.807, 2.05) is 0 Å². The van der Waals surface area contributed by atoms with E-state index in [0.717, 1.165) is 0 Å². The highest BCUT2D eigenvalue weighted by atomic mass is 79.9. The van der Waals surface area contributed by atoms with Crippen LogP contribution in [0.4, 0.5) is 4.39 Å². The lowest BCUT2D eigenvalue weighted by atomic mass is 10.1. The van der Waals surface area contributed by atoms with E-state index in [2.05, 4.69) is 31.9 Å². The summed E-state index contributed by atoms with van der Waals surface area (Å²) in [7, 11) is 0. The lowest BCUT2D eigenvalue weighted by Gasteiger charge is -2.04. The van der Waals surface area contributed by atoms with Crippen LogP contribution in [0.15, 0.2) is 22.7 Å². The molecule has 0 heterocycles. The molecule has 0 saturated carbocycles. The van der Waals surface area contributed by atoms with E-state index in [4.69, 9.17) is 0 Å². The largest absolute Gasteiger partial charge is 0.293 e. The van der Waals surface area contributed by atoms with Crippen LogP contribution in [-0.2, 0) is 0 Å². The highest BCUT2D eigenvalue weighted by molar-refractivity contribution is 9.10. The Kier molecular flexibility index (Phi) is 3.62. The average Bonchev–Trinajstić information content (AvgIpc) is 2.08. The number of halogens is 3. The molecular weight excluding hydrogens is 303 g/mol. The zero-order valence-electron chi connectivity index (χ0n) is 6.85. The number of alkyl halides is 1. The topological polar surface area (TPSA) is 17.1 Å². The molecular formula is C9H7Br2FO. The molecule has 13 heavy (non-hydrogen) atoms. The van der Waals surface area contributed by atoms with Gasteiger partial charge in [0.1, 0.15) is 5.82 Å². The lowest BCUT2D eigenvalue weighted by molar-refractivity contribution is 0.0992. The van der Waals surface area contributed by atoms with Gasteiger partial charge < -0.3 is 0 Å². The van der Waals surface area contributed by atoms with E-state index >= 15 is 0 Å². The quantitative estimate of drug-likeness (QED) is 0.603. The van der Waals surface area contributed by atoms with E-state index in [1.165, 1.54) is 12.1 Å². The fourth-order valence-electron chi connectivity index (χ4n) is 0.901. The molecule has 0 radical (unpaired) electrons. The van der Waals surface area contributed by atoms with Gasteiger partial charge in [-0.3, -0.25) is 4.79 Å². The van der Waals surface area contributed by atoms with Crippen molar-refractivity contribution < 1.29 is 9.18 Å². The fourth-order valence-corrected chi connectivity index (χ4v) is 1.51. The second kappa shape index (κ2) is 4.33. The third-order valence-corrected chi connectivity index (χ3v) is 2.46. The molecule has 70 valence electrons. The Morgan fingerprint density at radius 2 is 2.15 bits per heavy atom. The minimum atomic E-state index is -0.487. The molecule has 0 bridgehead atoms. The smallest absolute Gasteiger partial charge is 0.179 e. The number of hydrogen-bond acceptors (Lipinski definition) is 1. The van der Waals surface area contributed by atoms with Gasteiger partial charge in [0.2, 0.25) is 0 Å². The molecule has 0 amide bonds. The second-order valence-electron chi connectivity index (χ2n) is 2.60. The SMILES string of the molecule is C[C@@H](Br)C(=O)c1cc(Br)ccc1F. The Morgan fingerprint density at radius 3 is 2.69 bits per heavy atom. The van der Waals surface area contributed by atoms with Gasteiger partial charge in [0.05, 0.1) is 10.4 Å². The Morgan fingerprint density at radius 1 is 1.54 bits per heavy atom. The van der Waals surface area contributed by atoms with Gasteiger partial charge in [-0.2, -0.15) is 0 Å². The third kappa shape index (κ3) is 2.61. The molecule has 0 aromatic heterocycles. The summed E-state index contributed by atoms with van der Waals surface area (Å²) < 4.78 is 13.8. The van der Waals surface area contributed by atoms with Crippen molar-refractivity contribution in [2.45, 2.75) is 11.8 Å². The molecule has 1 atom stereocenters. The van der Waals surface area contributed by atoms with Crippen molar-refractivity contribution in [3.05, 3.63) is 34.1 Å². The second-order valence-corrected chi connectivity index (χ2v) is 4.89. The first-order valence-electron chi connectivity index (χ1n) is 3.65. The lowest BCUT2D eigenvalue weighted by Crippen LogP contribution is -2.11. The Bertz CT molecular complexity index is 336. The molecule has 1 rings (SSSR count). The standard InChI is InChI=1S/C9H7Br2FO/c1-5(10)9(13)7-4-6(11)2-3-8(7)12/h2-5H,1H3/t5-/m1/s1. The highest BCUT2D eigenvalue weighted by Crippen LogP contribution is 2.18. The highest BCUT2D eigenvalue weighted by Gasteiger charge is 2.16. The van der Waals surface area contributed by atoms with Crippen molar-refractivity contribution in [2.75, 3.05) is 0 Å². The van der Waals surface area contributed by atoms with Crippen molar-refractivity contribution in [2.24, 2.45) is 0 Å². The number of carbonyl (C=O) groups excluding carboxylic acids is 1. The molecule has 1 aromatic carbocycles. The van der Waals surface area contributed by atoms with Crippen LogP contribution >= 0.6 is 31.9 Å². The van der Waals surface area contributed by atoms with Gasteiger partial charge in [-0.05, 0) is 25.1 Å². The van der Waals surface area contributed by atoms with Crippen molar-refractivity contribution in [3.8, 4) is 0 Å². The minimum absolute atomic E-state index is 0.110. The first-order chi connectivity index (χ1) is 6.02. The van der Waals surface area contributed by atoms with Crippen LogP contribution in [0.2, 0.25) is 0 Å². The van der Waals surface area contributed by atoms with Crippen molar-refractivity contribution >= 4 is 37.6 Å². The van der Waals surface area contributed by atoms with E-state index in [1.54, 1.807) is 13.0 Å². The number of ketones is 1. The predicted molar refractivity (Wildman–Crippen MR) is 56.8 cm³/mol. The molecule has 0 fully saturated rings. The summed E-state index contributed by atoms with van der Waals surface area (Å²) in [5, 5.41) is 0. The third-order valence-electron chi connectivity index (χ3n) is 1.56. The fraction of sp³-hybridized carbons (Fsp3) is 0.222. The Labute approximate surface area is 92.6 Å². The van der Waals surface area contributed by atoms with Crippen molar-refractivity contribution in [1.82, 2.24) is 0 Å². The van der Waals surface area contributed by atoms with Crippen LogP contribution in [0.3, 0.4) is 0 Å². The van der Waals surface area contributed by atoms with Gasteiger partial charge >= 0.3 is 0 Å². The molecule has 1 aromatic rings. The summed E-state index contributed by atoms with van der Waals surface area (Å²) in [6.45, 7) is 1.67. The van der Waals surface area contributed by atoms with Gasteiger partial charge in [0.25, 0.3) is 0 Å². The Hall–Kier alpha value is -0.220. The molecule has 4 heteroatoms. The maximum Gasteiger partial charge on any atom is 0.179 e. The zero-order chi connectivity index (χ0) is 10.0. The maximum absolute atomic E-state index is 13.1. The molecule has 0 N–H and O–H groups in total. The summed E-state index contributed by atoms with van der Waals surface area (Å²) in [6, 6.07) is 4.31. The van der Waals surface area contributed by atoms with Gasteiger partial charge in [-0.25, -0.2) is 4.39 Å². The number of Topliss-reactive ketones (excluding diaryl/α,β-unsaturated/α-hetero) is 1. The molecule has 0 spiro atoms. The first kappa shape index (κ1) is 10.9. The molecule has 0 aliphatic rings. The molecule has 1 nitrogen and oxygen atoms in total. The summed E-state index contributed by atoms with van der Waals surface area (Å²) in [5.41, 5.74) is 0.110. The monoisotopic (exact) mass is 308 g/mol. The summed E-state index contributed by atoms with van der Waals surface area (Å²) in [5.74, 6) is -0.738. The number of benzene rings is 1. The zero-order valence-corrected chi connectivity index (χ0v) is 10.0. The van der Waals surface area contributed by atoms with E-state index in [9.17, 15) is 9.18 Å². The van der Waals surface area contributed by atoms with Gasteiger partial charge in [0, 0.05) is 4.47 Å². The van der Waals surface area contributed by atoms with Gasteiger partial charge in [0.15, 0.2) is 5.78 Å². The molecule has 0 unspecified atom stereocenters. The van der Waals surface area contributed by atoms with Crippen LogP contribution in [0.5, 0.6) is 0 Å². The van der Waals surface area contributed by atoms with Crippen LogP contribution in [0.1, 0.15) is 17.3 Å². The number of carbonyl (C=O) groups is 1. The number of hydrogen-bond donors (Lipinski definition) is 0. The van der Waals surface area contributed by atoms with Gasteiger partial charge in [-0.15, -0.1) is 0 Å². The average molecular weight is 310 g/mol. The van der Waals surface area contributed by atoms with Crippen LogP contribution in [0, 0.1) is 5.82 Å². The van der Waals surface area contributed by atoms with E-state index in [0.29, 0.717) is 4.47 Å². The normalized spacial score (nSPS) is 12.6. The molecule has 0 aliphatic carbocycles. The maximum atomic E-state index is 13.1. The predicted octanol–water partition coefficient (Wildman–Crippen LogP) is 3.55. The first-order valence-corrected chi connectivity index (χ1v) is 5.36. The Balaban J connectivity index is 3.13. The molecule has 0 aliphatic heterocycles. The summed E-state index contributed by atoms with van der Waals surface area (Å²) in [6.07, 6.45) is 0. The van der Waals surface area contributed by atoms with E-state index < -0.39 is 5.82 Å². The van der Waals surface area contributed by atoms with Crippen LogP contribution < -0.4 is 0 Å². The number of rotatable bonds is 2. The molecule has 0 saturated heterocycles.